The van der Waals surface area contributed by atoms with E-state index in [0.717, 1.165) is 5.57 Å². The lowest BCUT2D eigenvalue weighted by Gasteiger charge is -2.13. The van der Waals surface area contributed by atoms with Gasteiger partial charge in [0.25, 0.3) is 5.56 Å². The minimum absolute atomic E-state index is 0.0991. The number of nitrogens with zero attached hydrogens (tertiary/aromatic N) is 1. The van der Waals surface area contributed by atoms with Gasteiger partial charge in [0.2, 0.25) is 0 Å². The molecule has 0 bridgehead atoms. The predicted octanol–water partition coefficient (Wildman–Crippen LogP) is -0.247. The topological polar surface area (TPSA) is 102 Å². The number of hydrogen-bond donors (Lipinski definition) is 3. The molecule has 0 atom stereocenters. The summed E-state index contributed by atoms with van der Waals surface area (Å²) in [5.41, 5.74) is 5.75. The molecule has 0 spiro atoms. The average molecular weight is 254 g/mol. The molecule has 100 valence electrons. The number of aromatic nitrogens is 2. The van der Waals surface area contributed by atoms with Gasteiger partial charge >= 0.3 is 5.69 Å². The van der Waals surface area contributed by atoms with Crippen LogP contribution in [0.1, 0.15) is 6.92 Å². The summed E-state index contributed by atoms with van der Waals surface area (Å²) in [6.45, 7) is 6.55. The highest BCUT2D eigenvalue weighted by atomic mass is 16.5. The molecule has 0 fully saturated rings. The second-order valence-corrected chi connectivity index (χ2v) is 3.97. The summed E-state index contributed by atoms with van der Waals surface area (Å²) in [7, 11) is 1.52. The van der Waals surface area contributed by atoms with E-state index >= 15 is 0 Å². The lowest BCUT2D eigenvalue weighted by atomic mass is 10.3. The fourth-order valence-electron chi connectivity index (χ4n) is 1.40. The van der Waals surface area contributed by atoms with Crippen molar-refractivity contribution in [3.63, 3.8) is 0 Å². The number of hydrogen-bond acceptors (Lipinski definition) is 5. The number of methoxy groups -OCH3 is 1. The predicted molar refractivity (Wildman–Crippen MR) is 70.9 cm³/mol. The van der Waals surface area contributed by atoms with Crippen molar-refractivity contribution in [1.29, 1.82) is 0 Å². The van der Waals surface area contributed by atoms with Gasteiger partial charge in [-0.1, -0.05) is 12.2 Å². The first-order chi connectivity index (χ1) is 8.47. The van der Waals surface area contributed by atoms with Crippen LogP contribution in [0.25, 0.3) is 0 Å². The number of ether oxygens (including phenoxy) is 1. The molecule has 0 aliphatic rings. The summed E-state index contributed by atoms with van der Waals surface area (Å²) in [6, 6.07) is 0. The minimum Gasteiger partial charge on any atom is -0.383 e. The third-order valence-corrected chi connectivity index (χ3v) is 2.33. The summed E-state index contributed by atoms with van der Waals surface area (Å²) in [6.07, 6.45) is 0. The maximum absolute atomic E-state index is 11.6. The van der Waals surface area contributed by atoms with Crippen LogP contribution in [0.5, 0.6) is 0 Å². The van der Waals surface area contributed by atoms with E-state index in [1.54, 1.807) is 0 Å². The molecule has 1 rings (SSSR count). The van der Waals surface area contributed by atoms with Crippen LogP contribution in [0.3, 0.4) is 0 Å². The Bertz CT molecular complexity index is 544. The minimum atomic E-state index is -0.546. The Balaban J connectivity index is 3.13. The molecule has 4 N–H and O–H groups in total. The Hall–Kier alpha value is -2.02. The summed E-state index contributed by atoms with van der Waals surface area (Å²) in [4.78, 5) is 25.4. The standard InChI is InChI=1S/C11H18N4O3/c1-7(2)6-13-8-9(12)15(4-5-18-3)11(17)14-10(8)16/h13H,1,4-6,12H2,2-3H3,(H,14,16,17). The Morgan fingerprint density at radius 3 is 2.78 bits per heavy atom. The SMILES string of the molecule is C=C(C)CNc1c(N)n(CCOC)c(=O)[nH]c1=O. The van der Waals surface area contributed by atoms with E-state index in [0.29, 0.717) is 13.2 Å². The van der Waals surface area contributed by atoms with E-state index in [-0.39, 0.29) is 18.1 Å². The van der Waals surface area contributed by atoms with Gasteiger partial charge in [-0.25, -0.2) is 4.79 Å². The average Bonchev–Trinajstić information content (AvgIpc) is 2.27. The lowest BCUT2D eigenvalue weighted by Crippen LogP contribution is -2.35. The molecule has 0 aromatic carbocycles. The van der Waals surface area contributed by atoms with Crippen molar-refractivity contribution in [3.8, 4) is 0 Å². The van der Waals surface area contributed by atoms with Crippen LogP contribution in [0.2, 0.25) is 0 Å². The highest BCUT2D eigenvalue weighted by Gasteiger charge is 2.11. The molecular formula is C11H18N4O3. The van der Waals surface area contributed by atoms with Gasteiger partial charge in [0, 0.05) is 13.7 Å². The first-order valence-corrected chi connectivity index (χ1v) is 5.47. The molecule has 0 aliphatic heterocycles. The van der Waals surface area contributed by atoms with Crippen molar-refractivity contribution in [2.75, 3.05) is 31.3 Å². The monoisotopic (exact) mass is 254 g/mol. The van der Waals surface area contributed by atoms with E-state index in [9.17, 15) is 9.59 Å². The van der Waals surface area contributed by atoms with Crippen molar-refractivity contribution in [1.82, 2.24) is 9.55 Å². The van der Waals surface area contributed by atoms with Crippen molar-refractivity contribution in [2.45, 2.75) is 13.5 Å². The quantitative estimate of drug-likeness (QED) is 0.608. The Morgan fingerprint density at radius 1 is 1.56 bits per heavy atom. The molecule has 0 saturated carbocycles. The number of aromatic amines is 1. The van der Waals surface area contributed by atoms with Crippen LogP contribution >= 0.6 is 0 Å². The van der Waals surface area contributed by atoms with E-state index in [1.165, 1.54) is 11.7 Å². The van der Waals surface area contributed by atoms with Crippen LogP contribution in [0.15, 0.2) is 21.7 Å². The zero-order chi connectivity index (χ0) is 13.7. The molecule has 18 heavy (non-hydrogen) atoms. The lowest BCUT2D eigenvalue weighted by molar-refractivity contribution is 0.186. The fourth-order valence-corrected chi connectivity index (χ4v) is 1.40. The number of nitrogens with two attached hydrogens (primary N) is 1. The molecule has 1 aromatic heterocycles. The molecule has 0 aliphatic carbocycles. The zero-order valence-corrected chi connectivity index (χ0v) is 10.6. The molecule has 7 heteroatoms. The number of anilines is 2. The third-order valence-electron chi connectivity index (χ3n) is 2.33. The molecule has 1 heterocycles. The highest BCUT2D eigenvalue weighted by Crippen LogP contribution is 2.10. The second kappa shape index (κ2) is 6.06. The van der Waals surface area contributed by atoms with Crippen molar-refractivity contribution < 1.29 is 4.74 Å². The largest absolute Gasteiger partial charge is 0.383 e. The summed E-state index contributed by atoms with van der Waals surface area (Å²) in [5, 5.41) is 2.86. The zero-order valence-electron chi connectivity index (χ0n) is 10.6. The Kier molecular flexibility index (Phi) is 4.73. The number of nitrogens with one attached hydrogen (secondary N) is 2. The van der Waals surface area contributed by atoms with Crippen molar-refractivity contribution >= 4 is 11.5 Å². The van der Waals surface area contributed by atoms with Gasteiger partial charge in [-0.05, 0) is 6.92 Å². The van der Waals surface area contributed by atoms with E-state index < -0.39 is 11.2 Å². The molecular weight excluding hydrogens is 236 g/mol. The molecule has 7 nitrogen and oxygen atoms in total. The van der Waals surface area contributed by atoms with Crippen LogP contribution in [0.4, 0.5) is 11.5 Å². The van der Waals surface area contributed by atoms with Gasteiger partial charge in [0.05, 0.1) is 13.2 Å². The van der Waals surface area contributed by atoms with Crippen molar-refractivity contribution in [2.24, 2.45) is 0 Å². The van der Waals surface area contributed by atoms with Crippen LogP contribution < -0.4 is 22.3 Å². The molecule has 0 unspecified atom stereocenters. The molecule has 1 aromatic rings. The number of H-pyrrole nitrogens is 1. The van der Waals surface area contributed by atoms with Gasteiger partial charge in [0.1, 0.15) is 11.5 Å². The van der Waals surface area contributed by atoms with Crippen LogP contribution in [-0.4, -0.2) is 29.8 Å². The Morgan fingerprint density at radius 2 is 2.22 bits per heavy atom. The van der Waals surface area contributed by atoms with Crippen LogP contribution in [0, 0.1) is 0 Å². The van der Waals surface area contributed by atoms with Crippen LogP contribution in [-0.2, 0) is 11.3 Å². The molecule has 0 saturated heterocycles. The number of nitrogen functional groups attached to an aromatic ring is 1. The summed E-state index contributed by atoms with van der Waals surface area (Å²) < 4.78 is 6.14. The van der Waals surface area contributed by atoms with Gasteiger partial charge in [-0.15, -0.1) is 0 Å². The fraction of sp³-hybridized carbons (Fsp3) is 0.455. The summed E-state index contributed by atoms with van der Waals surface area (Å²) >= 11 is 0. The Labute approximate surface area is 104 Å². The van der Waals surface area contributed by atoms with Gasteiger partial charge < -0.3 is 15.8 Å². The second-order valence-electron chi connectivity index (χ2n) is 3.97. The van der Waals surface area contributed by atoms with Crippen molar-refractivity contribution in [3.05, 3.63) is 33.0 Å². The highest BCUT2D eigenvalue weighted by molar-refractivity contribution is 5.60. The van der Waals surface area contributed by atoms with Gasteiger partial charge in [-0.3, -0.25) is 14.3 Å². The third kappa shape index (κ3) is 3.24. The summed E-state index contributed by atoms with van der Waals surface area (Å²) in [5.74, 6) is 0.0991. The van der Waals surface area contributed by atoms with E-state index in [4.69, 9.17) is 10.5 Å². The smallest absolute Gasteiger partial charge is 0.330 e. The number of rotatable bonds is 6. The van der Waals surface area contributed by atoms with Gasteiger partial charge in [0.15, 0.2) is 0 Å². The van der Waals surface area contributed by atoms with E-state index in [2.05, 4.69) is 16.9 Å². The first-order valence-electron chi connectivity index (χ1n) is 5.47. The maximum Gasteiger partial charge on any atom is 0.330 e. The normalized spacial score (nSPS) is 10.3. The van der Waals surface area contributed by atoms with Gasteiger partial charge in [-0.2, -0.15) is 0 Å². The maximum atomic E-state index is 11.6. The van der Waals surface area contributed by atoms with E-state index in [1.807, 2.05) is 6.92 Å². The molecule has 0 radical (unpaired) electrons. The molecule has 0 amide bonds. The first kappa shape index (κ1) is 14.0.